The van der Waals surface area contributed by atoms with Crippen molar-refractivity contribution < 1.29 is 4.79 Å². The van der Waals surface area contributed by atoms with E-state index in [1.165, 1.54) is 19.3 Å². The van der Waals surface area contributed by atoms with Gasteiger partial charge in [0.2, 0.25) is 5.91 Å². The molecule has 15 heavy (non-hydrogen) atoms. The highest BCUT2D eigenvalue weighted by atomic mass is 16.1. The number of carbonyl (C=O) groups is 1. The minimum atomic E-state index is 0.109. The molecule has 1 unspecified atom stereocenters. The Labute approximate surface area is 92.8 Å². The lowest BCUT2D eigenvalue weighted by atomic mass is 9.70. The second-order valence-corrected chi connectivity index (χ2v) is 5.21. The second kappa shape index (κ2) is 5.50. The number of carbonyl (C=O) groups excluding carboxylic acids is 1. The quantitative estimate of drug-likeness (QED) is 0.703. The average Bonchev–Trinajstić information content (AvgIpc) is 2.19. The van der Waals surface area contributed by atoms with E-state index in [4.69, 9.17) is 5.73 Å². The van der Waals surface area contributed by atoms with Crippen LogP contribution in [0.3, 0.4) is 0 Å². The van der Waals surface area contributed by atoms with Gasteiger partial charge in [0.05, 0.1) is 0 Å². The Kier molecular flexibility index (Phi) is 4.58. The molecular formula is C12H24N2O. The molecule has 3 N–H and O–H groups in total. The molecule has 1 saturated carbocycles. The van der Waals surface area contributed by atoms with Crippen molar-refractivity contribution in [3.05, 3.63) is 0 Å². The monoisotopic (exact) mass is 212 g/mol. The first-order valence-corrected chi connectivity index (χ1v) is 6.05. The maximum absolute atomic E-state index is 11.7. The molecule has 0 aromatic heterocycles. The lowest BCUT2D eigenvalue weighted by Gasteiger charge is -2.38. The van der Waals surface area contributed by atoms with E-state index >= 15 is 0 Å². The SMILES string of the molecule is CC(CCCN)C(=O)NCC1(C)CCC1. The van der Waals surface area contributed by atoms with Gasteiger partial charge in [-0.15, -0.1) is 0 Å². The van der Waals surface area contributed by atoms with Gasteiger partial charge in [0.1, 0.15) is 0 Å². The van der Waals surface area contributed by atoms with Crippen LogP contribution in [0, 0.1) is 11.3 Å². The summed E-state index contributed by atoms with van der Waals surface area (Å²) >= 11 is 0. The molecule has 1 rings (SSSR count). The van der Waals surface area contributed by atoms with E-state index in [0.717, 1.165) is 19.4 Å². The molecule has 0 aliphatic heterocycles. The van der Waals surface area contributed by atoms with Gasteiger partial charge in [0.15, 0.2) is 0 Å². The molecule has 3 nitrogen and oxygen atoms in total. The molecule has 0 spiro atoms. The minimum absolute atomic E-state index is 0.109. The summed E-state index contributed by atoms with van der Waals surface area (Å²) in [5.74, 6) is 0.300. The van der Waals surface area contributed by atoms with Crippen LogP contribution in [0.2, 0.25) is 0 Å². The maximum Gasteiger partial charge on any atom is 0.222 e. The topological polar surface area (TPSA) is 55.1 Å². The van der Waals surface area contributed by atoms with E-state index in [0.29, 0.717) is 12.0 Å². The summed E-state index contributed by atoms with van der Waals surface area (Å²) in [7, 11) is 0. The van der Waals surface area contributed by atoms with E-state index in [1.807, 2.05) is 6.92 Å². The molecule has 0 aromatic carbocycles. The van der Waals surface area contributed by atoms with Gasteiger partial charge in [-0.3, -0.25) is 4.79 Å². The van der Waals surface area contributed by atoms with Crippen LogP contribution in [0.5, 0.6) is 0 Å². The van der Waals surface area contributed by atoms with E-state index in [1.54, 1.807) is 0 Å². The highest BCUT2D eigenvalue weighted by Gasteiger charge is 2.32. The molecule has 88 valence electrons. The number of nitrogens with two attached hydrogens (primary N) is 1. The van der Waals surface area contributed by atoms with Crippen molar-refractivity contribution in [1.29, 1.82) is 0 Å². The standard InChI is InChI=1S/C12H24N2O/c1-10(5-3-8-13)11(15)14-9-12(2)6-4-7-12/h10H,3-9,13H2,1-2H3,(H,14,15). The Hall–Kier alpha value is -0.570. The molecule has 1 amide bonds. The van der Waals surface area contributed by atoms with Gasteiger partial charge in [0, 0.05) is 12.5 Å². The Bertz CT molecular complexity index is 212. The van der Waals surface area contributed by atoms with Crippen LogP contribution >= 0.6 is 0 Å². The van der Waals surface area contributed by atoms with E-state index in [9.17, 15) is 4.79 Å². The molecule has 1 atom stereocenters. The number of amides is 1. The fraction of sp³-hybridized carbons (Fsp3) is 0.917. The number of rotatable bonds is 6. The van der Waals surface area contributed by atoms with Crippen molar-refractivity contribution in [2.45, 2.75) is 46.0 Å². The summed E-state index contributed by atoms with van der Waals surface area (Å²) in [6, 6.07) is 0. The zero-order chi connectivity index (χ0) is 11.3. The smallest absolute Gasteiger partial charge is 0.222 e. The lowest BCUT2D eigenvalue weighted by Crippen LogP contribution is -2.41. The summed E-state index contributed by atoms with van der Waals surface area (Å²) in [5, 5.41) is 3.05. The van der Waals surface area contributed by atoms with Crippen molar-refractivity contribution in [1.82, 2.24) is 5.32 Å². The molecular weight excluding hydrogens is 188 g/mol. The maximum atomic E-state index is 11.7. The van der Waals surface area contributed by atoms with Gasteiger partial charge in [-0.05, 0) is 37.6 Å². The predicted octanol–water partition coefficient (Wildman–Crippen LogP) is 1.67. The Morgan fingerprint density at radius 3 is 2.67 bits per heavy atom. The van der Waals surface area contributed by atoms with Crippen molar-refractivity contribution in [3.63, 3.8) is 0 Å². The van der Waals surface area contributed by atoms with Gasteiger partial charge in [-0.2, -0.15) is 0 Å². The van der Waals surface area contributed by atoms with Gasteiger partial charge in [0.25, 0.3) is 0 Å². The average molecular weight is 212 g/mol. The Morgan fingerprint density at radius 2 is 2.20 bits per heavy atom. The fourth-order valence-corrected chi connectivity index (χ4v) is 1.99. The molecule has 3 heteroatoms. The summed E-state index contributed by atoms with van der Waals surface area (Å²) < 4.78 is 0. The van der Waals surface area contributed by atoms with Crippen LogP contribution in [-0.4, -0.2) is 19.0 Å². The number of hydrogen-bond donors (Lipinski definition) is 2. The zero-order valence-corrected chi connectivity index (χ0v) is 10.0. The van der Waals surface area contributed by atoms with Gasteiger partial charge < -0.3 is 11.1 Å². The first-order valence-electron chi connectivity index (χ1n) is 6.05. The van der Waals surface area contributed by atoms with Crippen LogP contribution in [0.15, 0.2) is 0 Å². The van der Waals surface area contributed by atoms with Gasteiger partial charge in [-0.25, -0.2) is 0 Å². The van der Waals surface area contributed by atoms with Gasteiger partial charge >= 0.3 is 0 Å². The van der Waals surface area contributed by atoms with Crippen LogP contribution < -0.4 is 11.1 Å². The first-order chi connectivity index (χ1) is 7.07. The van der Waals surface area contributed by atoms with Crippen molar-refractivity contribution in [2.75, 3.05) is 13.1 Å². The highest BCUT2D eigenvalue weighted by Crippen LogP contribution is 2.39. The normalized spacial score (nSPS) is 20.5. The zero-order valence-electron chi connectivity index (χ0n) is 10.0. The highest BCUT2D eigenvalue weighted by molar-refractivity contribution is 5.78. The molecule has 1 aliphatic carbocycles. The first kappa shape index (κ1) is 12.5. The van der Waals surface area contributed by atoms with E-state index in [2.05, 4.69) is 12.2 Å². The lowest BCUT2D eigenvalue weighted by molar-refractivity contribution is -0.125. The number of hydrogen-bond acceptors (Lipinski definition) is 2. The summed E-state index contributed by atoms with van der Waals surface area (Å²) in [5.41, 5.74) is 5.80. The number of nitrogens with one attached hydrogen (secondary N) is 1. The van der Waals surface area contributed by atoms with E-state index < -0.39 is 0 Å². The van der Waals surface area contributed by atoms with E-state index in [-0.39, 0.29) is 11.8 Å². The van der Waals surface area contributed by atoms with Crippen molar-refractivity contribution in [3.8, 4) is 0 Å². The summed E-state index contributed by atoms with van der Waals surface area (Å²) in [4.78, 5) is 11.7. The third-order valence-corrected chi connectivity index (χ3v) is 3.54. The Balaban J connectivity index is 2.17. The molecule has 1 fully saturated rings. The molecule has 0 heterocycles. The molecule has 0 aromatic rings. The molecule has 0 radical (unpaired) electrons. The third-order valence-electron chi connectivity index (χ3n) is 3.54. The summed E-state index contributed by atoms with van der Waals surface area (Å²) in [6.45, 7) is 5.75. The second-order valence-electron chi connectivity index (χ2n) is 5.21. The van der Waals surface area contributed by atoms with Crippen LogP contribution in [0.25, 0.3) is 0 Å². The van der Waals surface area contributed by atoms with Crippen molar-refractivity contribution >= 4 is 5.91 Å². The fourth-order valence-electron chi connectivity index (χ4n) is 1.99. The third kappa shape index (κ3) is 3.82. The van der Waals surface area contributed by atoms with Crippen LogP contribution in [0.4, 0.5) is 0 Å². The predicted molar refractivity (Wildman–Crippen MR) is 62.4 cm³/mol. The minimum Gasteiger partial charge on any atom is -0.355 e. The van der Waals surface area contributed by atoms with Crippen LogP contribution in [-0.2, 0) is 4.79 Å². The Morgan fingerprint density at radius 1 is 1.53 bits per heavy atom. The van der Waals surface area contributed by atoms with Gasteiger partial charge in [-0.1, -0.05) is 20.3 Å². The molecule has 0 bridgehead atoms. The summed E-state index contributed by atoms with van der Waals surface area (Å²) in [6.07, 6.45) is 5.66. The molecule has 0 saturated heterocycles. The van der Waals surface area contributed by atoms with Crippen molar-refractivity contribution in [2.24, 2.45) is 17.1 Å². The van der Waals surface area contributed by atoms with Crippen LogP contribution in [0.1, 0.15) is 46.0 Å². The molecule has 1 aliphatic rings. The largest absolute Gasteiger partial charge is 0.355 e.